The monoisotopic (exact) mass is 578 g/mol. The average molecular weight is 579 g/mol. The minimum atomic E-state index is -5.08. The molecule has 4 rings (SSSR count). The van der Waals surface area contributed by atoms with E-state index in [9.17, 15) is 31.5 Å². The molecule has 0 bridgehead atoms. The number of pyridine rings is 1. The average Bonchev–Trinajstić information content (AvgIpc) is 3.52. The SMILES string of the molecule is CC1[C@H](c2ccccc2)[C@]1(NS(=O)(=O)N1CCCN(c2ccc(Cl)cn2)CC1)C(=O)O.O=C(O)C(F)(F)F. The summed E-state index contributed by atoms with van der Waals surface area (Å²) in [6.45, 7) is 3.41. The number of benzene rings is 1. The summed E-state index contributed by atoms with van der Waals surface area (Å²) in [5, 5.41) is 17.6. The molecule has 208 valence electrons. The second-order valence-electron chi connectivity index (χ2n) is 8.84. The Hall–Kier alpha value is -2.94. The van der Waals surface area contributed by atoms with Crippen molar-refractivity contribution < 1.29 is 41.4 Å². The summed E-state index contributed by atoms with van der Waals surface area (Å²) in [6, 6.07) is 12.7. The third-order valence-electron chi connectivity index (χ3n) is 6.48. The lowest BCUT2D eigenvalue weighted by molar-refractivity contribution is -0.192. The standard InChI is InChI=1S/C21H25ClN4O4S.C2HF3O2/c1-15-19(16-6-3-2-4-7-16)21(15,20(27)28)24-31(29,30)26-11-5-10-25(12-13-26)18-9-8-17(22)14-23-18;3-2(4,5)1(6)7/h2-4,6-9,14-15,19,24H,5,10-13H2,1H3,(H,27,28);(H,6,7)/t15?,19-,21+;/m1./s1. The van der Waals surface area contributed by atoms with Crippen LogP contribution >= 0.6 is 11.6 Å². The summed E-state index contributed by atoms with van der Waals surface area (Å²) in [5.41, 5.74) is -0.722. The van der Waals surface area contributed by atoms with Gasteiger partial charge in [-0.1, -0.05) is 48.9 Å². The topological polar surface area (TPSA) is 140 Å². The fourth-order valence-electron chi connectivity index (χ4n) is 4.50. The number of nitrogens with one attached hydrogen (secondary N) is 1. The van der Waals surface area contributed by atoms with Gasteiger partial charge in [0.15, 0.2) is 0 Å². The smallest absolute Gasteiger partial charge is 0.480 e. The zero-order chi connectivity index (χ0) is 28.3. The van der Waals surface area contributed by atoms with E-state index in [1.807, 2.05) is 35.2 Å². The second kappa shape index (κ2) is 11.4. The van der Waals surface area contributed by atoms with Crippen LogP contribution in [0.4, 0.5) is 19.0 Å². The zero-order valence-corrected chi connectivity index (χ0v) is 21.7. The molecule has 0 radical (unpaired) electrons. The number of carboxylic acid groups (broad SMARTS) is 2. The Morgan fingerprint density at radius 1 is 1.08 bits per heavy atom. The lowest BCUT2D eigenvalue weighted by atomic mass is 10.1. The fraction of sp³-hybridized carbons (Fsp3) is 0.435. The van der Waals surface area contributed by atoms with Crippen LogP contribution < -0.4 is 9.62 Å². The number of rotatable bonds is 6. The predicted molar refractivity (Wildman–Crippen MR) is 132 cm³/mol. The molecule has 1 saturated heterocycles. The molecule has 38 heavy (non-hydrogen) atoms. The highest BCUT2D eigenvalue weighted by atomic mass is 35.5. The lowest BCUT2D eigenvalue weighted by Crippen LogP contribution is -2.52. The van der Waals surface area contributed by atoms with Crippen LogP contribution in [0.15, 0.2) is 48.7 Å². The maximum Gasteiger partial charge on any atom is 0.490 e. The molecule has 0 spiro atoms. The Balaban J connectivity index is 0.000000505. The van der Waals surface area contributed by atoms with Crippen molar-refractivity contribution in [1.82, 2.24) is 14.0 Å². The fourth-order valence-corrected chi connectivity index (χ4v) is 6.26. The van der Waals surface area contributed by atoms with Gasteiger partial charge in [0.2, 0.25) is 0 Å². The molecular formula is C23H26ClF3N4O6S. The Kier molecular flexibility index (Phi) is 8.91. The largest absolute Gasteiger partial charge is 0.490 e. The number of halogens is 4. The number of carbonyl (C=O) groups is 2. The summed E-state index contributed by atoms with van der Waals surface area (Å²) in [6.07, 6.45) is -2.92. The van der Waals surface area contributed by atoms with Gasteiger partial charge in [0, 0.05) is 38.3 Å². The van der Waals surface area contributed by atoms with E-state index in [0.717, 1.165) is 11.4 Å². The van der Waals surface area contributed by atoms with Crippen molar-refractivity contribution >= 4 is 39.6 Å². The van der Waals surface area contributed by atoms with Gasteiger partial charge in [-0.3, -0.25) is 4.79 Å². The molecule has 10 nitrogen and oxygen atoms in total. The van der Waals surface area contributed by atoms with Gasteiger partial charge in [-0.15, -0.1) is 0 Å². The zero-order valence-electron chi connectivity index (χ0n) is 20.1. The van der Waals surface area contributed by atoms with Crippen LogP contribution in [-0.4, -0.2) is 77.8 Å². The quantitative estimate of drug-likeness (QED) is 0.475. The van der Waals surface area contributed by atoms with E-state index in [-0.39, 0.29) is 12.5 Å². The lowest BCUT2D eigenvalue weighted by Gasteiger charge is -2.25. The molecule has 15 heteroatoms. The first-order chi connectivity index (χ1) is 17.7. The number of hydrogen-bond donors (Lipinski definition) is 3. The predicted octanol–water partition coefficient (Wildman–Crippen LogP) is 2.97. The minimum absolute atomic E-state index is 0.236. The number of hydrogen-bond acceptors (Lipinski definition) is 6. The molecule has 2 heterocycles. The van der Waals surface area contributed by atoms with Gasteiger partial charge < -0.3 is 15.1 Å². The van der Waals surface area contributed by atoms with Crippen LogP contribution in [-0.2, 0) is 19.8 Å². The van der Waals surface area contributed by atoms with Crippen LogP contribution in [0.25, 0.3) is 0 Å². The van der Waals surface area contributed by atoms with Crippen molar-refractivity contribution in [1.29, 1.82) is 0 Å². The highest BCUT2D eigenvalue weighted by molar-refractivity contribution is 7.87. The summed E-state index contributed by atoms with van der Waals surface area (Å²) in [4.78, 5) is 27.4. The third-order valence-corrected chi connectivity index (χ3v) is 8.35. The molecule has 1 aliphatic heterocycles. The number of aromatic nitrogens is 1. The number of carboxylic acids is 2. The van der Waals surface area contributed by atoms with E-state index >= 15 is 0 Å². The molecule has 1 aromatic carbocycles. The van der Waals surface area contributed by atoms with Crippen molar-refractivity contribution in [2.75, 3.05) is 31.1 Å². The summed E-state index contributed by atoms with van der Waals surface area (Å²) >= 11 is 5.90. The Labute approximate surface area is 222 Å². The van der Waals surface area contributed by atoms with Gasteiger partial charge in [-0.05, 0) is 30.0 Å². The first-order valence-corrected chi connectivity index (χ1v) is 13.3. The molecule has 1 unspecified atom stereocenters. The molecule has 3 atom stereocenters. The normalized spacial score (nSPS) is 24.1. The Bertz CT molecular complexity index is 1250. The second-order valence-corrected chi connectivity index (χ2v) is 10.9. The molecule has 1 saturated carbocycles. The van der Waals surface area contributed by atoms with Crippen molar-refractivity contribution in [3.63, 3.8) is 0 Å². The molecule has 0 amide bonds. The highest BCUT2D eigenvalue weighted by Gasteiger charge is 2.70. The summed E-state index contributed by atoms with van der Waals surface area (Å²) in [7, 11) is -4.00. The molecular weight excluding hydrogens is 553 g/mol. The first kappa shape index (κ1) is 29.6. The molecule has 1 aliphatic carbocycles. The van der Waals surface area contributed by atoms with E-state index in [1.165, 1.54) is 4.31 Å². The van der Waals surface area contributed by atoms with E-state index in [2.05, 4.69) is 9.71 Å². The van der Waals surface area contributed by atoms with Crippen molar-refractivity contribution in [3.05, 3.63) is 59.2 Å². The van der Waals surface area contributed by atoms with Crippen LogP contribution in [0.2, 0.25) is 5.02 Å². The van der Waals surface area contributed by atoms with Crippen LogP contribution in [0.5, 0.6) is 0 Å². The van der Waals surface area contributed by atoms with E-state index < -0.39 is 39.8 Å². The van der Waals surface area contributed by atoms with Crippen molar-refractivity contribution in [2.24, 2.45) is 5.92 Å². The molecule has 2 aromatic rings. The number of nitrogens with zero attached hydrogens (tertiary/aromatic N) is 3. The number of anilines is 1. The maximum atomic E-state index is 13.2. The van der Waals surface area contributed by atoms with Gasteiger partial charge in [-0.25, -0.2) is 9.78 Å². The maximum absolute atomic E-state index is 13.2. The number of alkyl halides is 3. The van der Waals surface area contributed by atoms with Gasteiger partial charge in [0.05, 0.1) is 5.02 Å². The van der Waals surface area contributed by atoms with Crippen LogP contribution in [0.1, 0.15) is 24.8 Å². The molecule has 2 fully saturated rings. The van der Waals surface area contributed by atoms with Gasteiger partial charge >= 0.3 is 18.1 Å². The van der Waals surface area contributed by atoms with E-state index in [1.54, 1.807) is 25.3 Å². The van der Waals surface area contributed by atoms with Crippen molar-refractivity contribution in [2.45, 2.75) is 31.0 Å². The van der Waals surface area contributed by atoms with E-state index in [4.69, 9.17) is 21.5 Å². The number of aliphatic carboxylic acids is 2. The minimum Gasteiger partial charge on any atom is -0.480 e. The Morgan fingerprint density at radius 2 is 1.71 bits per heavy atom. The van der Waals surface area contributed by atoms with E-state index in [0.29, 0.717) is 31.1 Å². The van der Waals surface area contributed by atoms with Gasteiger partial charge in [-0.2, -0.15) is 30.6 Å². The summed E-state index contributed by atoms with van der Waals surface area (Å²) < 4.78 is 62.0. The highest BCUT2D eigenvalue weighted by Crippen LogP contribution is 2.57. The molecule has 2 aliphatic rings. The van der Waals surface area contributed by atoms with Crippen LogP contribution in [0.3, 0.4) is 0 Å². The van der Waals surface area contributed by atoms with Crippen LogP contribution in [0, 0.1) is 5.92 Å². The third kappa shape index (κ3) is 6.54. The van der Waals surface area contributed by atoms with Gasteiger partial charge in [0.1, 0.15) is 11.4 Å². The molecule has 1 aromatic heterocycles. The molecule has 3 N–H and O–H groups in total. The Morgan fingerprint density at radius 3 is 2.24 bits per heavy atom. The first-order valence-electron chi connectivity index (χ1n) is 11.4. The summed E-state index contributed by atoms with van der Waals surface area (Å²) in [5.74, 6) is -3.95. The van der Waals surface area contributed by atoms with Gasteiger partial charge in [0.25, 0.3) is 10.2 Å². The van der Waals surface area contributed by atoms with Crippen molar-refractivity contribution in [3.8, 4) is 0 Å².